The van der Waals surface area contributed by atoms with Crippen LogP contribution in [0.5, 0.6) is 0 Å². The molecule has 0 saturated heterocycles. The molecule has 0 aliphatic rings. The van der Waals surface area contributed by atoms with Crippen molar-refractivity contribution in [1.82, 2.24) is 5.32 Å². The smallest absolute Gasteiger partial charge is 0.325 e. The van der Waals surface area contributed by atoms with E-state index in [0.29, 0.717) is 5.02 Å². The number of esters is 1. The summed E-state index contributed by atoms with van der Waals surface area (Å²) in [7, 11) is 0. The lowest BCUT2D eigenvalue weighted by Crippen LogP contribution is -2.32. The molecule has 0 heterocycles. The number of rotatable bonds is 8. The monoisotopic (exact) mass is 464 g/mol. The van der Waals surface area contributed by atoms with Gasteiger partial charge >= 0.3 is 5.97 Å². The normalized spacial score (nSPS) is 10.8. The first-order valence-electron chi connectivity index (χ1n) is 9.91. The molecule has 31 heavy (non-hydrogen) atoms. The quantitative estimate of drug-likeness (QED) is 0.528. The molecule has 0 fully saturated rings. The Morgan fingerprint density at radius 2 is 1.58 bits per heavy atom. The molecule has 166 valence electrons. The molecule has 8 heteroatoms. The zero-order valence-corrected chi connectivity index (χ0v) is 19.4. The highest BCUT2D eigenvalue weighted by molar-refractivity contribution is 6.36. The number of ether oxygens (including phenoxy) is 1. The average molecular weight is 465 g/mol. The Balaban J connectivity index is 1.92. The van der Waals surface area contributed by atoms with Gasteiger partial charge in [0, 0.05) is 10.7 Å². The van der Waals surface area contributed by atoms with E-state index in [1.165, 1.54) is 18.2 Å². The largest absolute Gasteiger partial charge is 0.454 e. The summed E-state index contributed by atoms with van der Waals surface area (Å²) >= 11 is 11.8. The molecular weight excluding hydrogens is 439 g/mol. The Morgan fingerprint density at radius 3 is 2.13 bits per heavy atom. The molecule has 2 aromatic rings. The molecule has 2 amide bonds. The first-order chi connectivity index (χ1) is 14.6. The first-order valence-corrected chi connectivity index (χ1v) is 10.7. The molecule has 0 spiro atoms. The van der Waals surface area contributed by atoms with Gasteiger partial charge in [0.2, 0.25) is 0 Å². The zero-order valence-electron chi connectivity index (χ0n) is 17.9. The van der Waals surface area contributed by atoms with E-state index in [0.717, 1.165) is 16.8 Å². The first kappa shape index (κ1) is 24.7. The summed E-state index contributed by atoms with van der Waals surface area (Å²) in [6, 6.07) is 10.3. The Labute approximate surface area is 192 Å². The highest BCUT2D eigenvalue weighted by Crippen LogP contribution is 2.32. The van der Waals surface area contributed by atoms with Gasteiger partial charge in [-0.25, -0.2) is 0 Å². The van der Waals surface area contributed by atoms with E-state index < -0.39 is 30.9 Å². The van der Waals surface area contributed by atoms with Crippen LogP contribution in [0.3, 0.4) is 0 Å². The molecule has 0 saturated carbocycles. The number of carbonyl (C=O) groups is 3. The third kappa shape index (κ3) is 6.97. The van der Waals surface area contributed by atoms with Crippen LogP contribution in [0.4, 0.5) is 5.69 Å². The zero-order chi connectivity index (χ0) is 23.1. The third-order valence-corrected chi connectivity index (χ3v) is 5.12. The molecule has 0 unspecified atom stereocenters. The summed E-state index contributed by atoms with van der Waals surface area (Å²) in [6.07, 6.45) is 0. The van der Waals surface area contributed by atoms with Gasteiger partial charge in [0.25, 0.3) is 11.8 Å². The number of para-hydroxylation sites is 1. The van der Waals surface area contributed by atoms with Crippen molar-refractivity contribution in [2.75, 3.05) is 18.5 Å². The predicted molar refractivity (Wildman–Crippen MR) is 123 cm³/mol. The minimum atomic E-state index is -0.741. The molecule has 0 atom stereocenters. The number of hydrogen-bond donors (Lipinski definition) is 2. The number of carbonyl (C=O) groups excluding carboxylic acids is 3. The SMILES string of the molecule is CC(C)c1cccc(C(C)C)c1NC(=O)COC(=O)CNC(=O)c1ccc(Cl)cc1Cl. The lowest BCUT2D eigenvalue weighted by atomic mass is 9.92. The predicted octanol–water partition coefficient (Wildman–Crippen LogP) is 5.15. The summed E-state index contributed by atoms with van der Waals surface area (Å²) in [5, 5.41) is 5.84. The van der Waals surface area contributed by atoms with Crippen LogP contribution in [-0.2, 0) is 14.3 Å². The molecule has 6 nitrogen and oxygen atoms in total. The lowest BCUT2D eigenvalue weighted by molar-refractivity contribution is -0.146. The number of amides is 2. The maximum absolute atomic E-state index is 12.4. The number of nitrogens with one attached hydrogen (secondary N) is 2. The number of hydrogen-bond acceptors (Lipinski definition) is 4. The van der Waals surface area contributed by atoms with Crippen LogP contribution in [0.25, 0.3) is 0 Å². The summed E-state index contributed by atoms with van der Waals surface area (Å²) in [5.74, 6) is -1.31. The van der Waals surface area contributed by atoms with Crippen molar-refractivity contribution in [3.05, 3.63) is 63.1 Å². The highest BCUT2D eigenvalue weighted by atomic mass is 35.5. The molecule has 2 rings (SSSR count). The van der Waals surface area contributed by atoms with Gasteiger partial charge in [-0.15, -0.1) is 0 Å². The molecule has 0 radical (unpaired) electrons. The lowest BCUT2D eigenvalue weighted by Gasteiger charge is -2.20. The highest BCUT2D eigenvalue weighted by Gasteiger charge is 2.17. The van der Waals surface area contributed by atoms with Crippen molar-refractivity contribution in [3.63, 3.8) is 0 Å². The Kier molecular flexibility index (Phi) is 8.89. The van der Waals surface area contributed by atoms with Gasteiger partial charge in [-0.1, -0.05) is 69.1 Å². The van der Waals surface area contributed by atoms with Gasteiger partial charge in [-0.3, -0.25) is 14.4 Å². The number of benzene rings is 2. The molecule has 2 aromatic carbocycles. The standard InChI is InChI=1S/C23H26Cl2N2O4/c1-13(2)16-6-5-7-17(14(3)4)22(16)27-20(28)12-31-21(29)11-26-23(30)18-9-8-15(24)10-19(18)25/h5-10,13-14H,11-12H2,1-4H3,(H,26,30)(H,27,28). The third-order valence-electron chi connectivity index (χ3n) is 4.57. The second kappa shape index (κ2) is 11.2. The second-order valence-electron chi connectivity index (χ2n) is 7.64. The number of halogens is 2. The minimum Gasteiger partial charge on any atom is -0.454 e. The fourth-order valence-corrected chi connectivity index (χ4v) is 3.48. The van der Waals surface area contributed by atoms with Crippen LogP contribution in [0, 0.1) is 0 Å². The maximum atomic E-state index is 12.4. The van der Waals surface area contributed by atoms with E-state index in [1.807, 2.05) is 45.9 Å². The second-order valence-corrected chi connectivity index (χ2v) is 8.48. The van der Waals surface area contributed by atoms with E-state index in [4.69, 9.17) is 27.9 Å². The van der Waals surface area contributed by atoms with Crippen LogP contribution >= 0.6 is 23.2 Å². The van der Waals surface area contributed by atoms with Crippen LogP contribution < -0.4 is 10.6 Å². The molecule has 0 aliphatic carbocycles. The summed E-state index contributed by atoms with van der Waals surface area (Å²) < 4.78 is 4.99. The fraction of sp³-hybridized carbons (Fsp3) is 0.348. The van der Waals surface area contributed by atoms with Gasteiger partial charge < -0.3 is 15.4 Å². The van der Waals surface area contributed by atoms with Crippen LogP contribution in [0.1, 0.15) is 61.0 Å². The minimum absolute atomic E-state index is 0.169. The summed E-state index contributed by atoms with van der Waals surface area (Å²) in [6.45, 7) is 7.33. The maximum Gasteiger partial charge on any atom is 0.325 e. The van der Waals surface area contributed by atoms with Crippen molar-refractivity contribution in [2.24, 2.45) is 0 Å². The average Bonchev–Trinajstić information content (AvgIpc) is 2.70. The van der Waals surface area contributed by atoms with E-state index in [-0.39, 0.29) is 22.4 Å². The molecule has 0 aliphatic heterocycles. The van der Waals surface area contributed by atoms with Crippen molar-refractivity contribution in [2.45, 2.75) is 39.5 Å². The van der Waals surface area contributed by atoms with Gasteiger partial charge in [0.15, 0.2) is 6.61 Å². The van der Waals surface area contributed by atoms with Gasteiger partial charge in [0.1, 0.15) is 6.54 Å². The van der Waals surface area contributed by atoms with E-state index in [2.05, 4.69) is 10.6 Å². The molecule has 0 bridgehead atoms. The molecule has 0 aromatic heterocycles. The van der Waals surface area contributed by atoms with Crippen molar-refractivity contribution < 1.29 is 19.1 Å². The van der Waals surface area contributed by atoms with Gasteiger partial charge in [0.05, 0.1) is 10.6 Å². The van der Waals surface area contributed by atoms with Gasteiger partial charge in [-0.05, 0) is 41.2 Å². The van der Waals surface area contributed by atoms with E-state index in [9.17, 15) is 14.4 Å². The number of anilines is 1. The molecule has 2 N–H and O–H groups in total. The van der Waals surface area contributed by atoms with E-state index >= 15 is 0 Å². The Morgan fingerprint density at radius 1 is 0.968 bits per heavy atom. The molecular formula is C23H26Cl2N2O4. The van der Waals surface area contributed by atoms with Crippen LogP contribution in [0.2, 0.25) is 10.0 Å². The van der Waals surface area contributed by atoms with Crippen LogP contribution in [0.15, 0.2) is 36.4 Å². The summed E-state index contributed by atoms with van der Waals surface area (Å²) in [5.41, 5.74) is 2.96. The van der Waals surface area contributed by atoms with Crippen molar-refractivity contribution in [1.29, 1.82) is 0 Å². The topological polar surface area (TPSA) is 84.5 Å². The van der Waals surface area contributed by atoms with Gasteiger partial charge in [-0.2, -0.15) is 0 Å². The van der Waals surface area contributed by atoms with E-state index in [1.54, 1.807) is 0 Å². The van der Waals surface area contributed by atoms with Crippen molar-refractivity contribution >= 4 is 46.7 Å². The van der Waals surface area contributed by atoms with Crippen molar-refractivity contribution in [3.8, 4) is 0 Å². The fourth-order valence-electron chi connectivity index (χ4n) is 2.99. The van der Waals surface area contributed by atoms with Crippen LogP contribution in [-0.4, -0.2) is 30.9 Å². The summed E-state index contributed by atoms with van der Waals surface area (Å²) in [4.78, 5) is 36.5. The Hall–Kier alpha value is -2.57. The Bertz CT molecular complexity index is 948.